The summed E-state index contributed by atoms with van der Waals surface area (Å²) in [7, 11) is 3.07. The van der Waals surface area contributed by atoms with Crippen molar-refractivity contribution in [2.75, 3.05) is 88.5 Å². The maximum absolute atomic E-state index is 12.2. The minimum absolute atomic E-state index is 0.0220. The molecule has 0 bridgehead atoms. The number of ether oxygens (including phenoxy) is 4. The summed E-state index contributed by atoms with van der Waals surface area (Å²) < 4.78 is 26.4. The third kappa shape index (κ3) is 16.6. The average Bonchev–Trinajstić information content (AvgIpc) is 3.70. The number of thioether (sulfide) groups is 1. The van der Waals surface area contributed by atoms with Gasteiger partial charge in [0.15, 0.2) is 0 Å². The molecular formula is C34H50N6O11S3. The Hall–Kier alpha value is -3.27. The van der Waals surface area contributed by atoms with Crippen LogP contribution in [0.4, 0.5) is 10.5 Å². The first-order valence-corrected chi connectivity index (χ1v) is 21.6. The Morgan fingerprint density at radius 1 is 0.778 bits per heavy atom. The number of fused-ring (bicyclic) bond motifs is 2. The second-order valence-corrected chi connectivity index (χ2v) is 16.2. The van der Waals surface area contributed by atoms with Crippen LogP contribution in [0, 0.1) is 0 Å². The topological polar surface area (TPSA) is 228 Å². The fourth-order valence-corrected chi connectivity index (χ4v) is 8.96. The predicted molar refractivity (Wildman–Crippen MR) is 209 cm³/mol. The molecule has 4 rings (SSSR count). The highest BCUT2D eigenvalue weighted by Gasteiger charge is 2.42. The van der Waals surface area contributed by atoms with Crippen LogP contribution in [-0.2, 0) is 33.3 Å². The lowest BCUT2D eigenvalue weighted by atomic mass is 10.0. The zero-order chi connectivity index (χ0) is 38.4. The molecule has 3 unspecified atom stereocenters. The lowest BCUT2D eigenvalue weighted by Gasteiger charge is -2.16. The van der Waals surface area contributed by atoms with Gasteiger partial charge in [-0.05, 0) is 31.0 Å². The van der Waals surface area contributed by atoms with E-state index in [1.54, 1.807) is 16.9 Å². The summed E-state index contributed by atoms with van der Waals surface area (Å²) >= 11 is 1.89. The molecule has 3 atom stereocenters. The summed E-state index contributed by atoms with van der Waals surface area (Å²) in [5.41, 5.74) is -0.00867. The Bertz CT molecular complexity index is 1610. The minimum Gasteiger partial charge on any atom is -0.379 e. The Morgan fingerprint density at radius 3 is 2.24 bits per heavy atom. The molecule has 17 nitrogen and oxygen atoms in total. The van der Waals surface area contributed by atoms with Crippen LogP contribution in [0.2, 0.25) is 0 Å². The van der Waals surface area contributed by atoms with Gasteiger partial charge in [-0.2, -0.15) is 11.8 Å². The quantitative estimate of drug-likeness (QED) is 0.0408. The van der Waals surface area contributed by atoms with Crippen molar-refractivity contribution in [3.63, 3.8) is 0 Å². The number of rotatable bonds is 28. The van der Waals surface area contributed by atoms with Gasteiger partial charge in [-0.25, -0.2) is 14.4 Å². The molecule has 2 saturated heterocycles. The molecule has 0 spiro atoms. The Balaban J connectivity index is 0.831. The first kappa shape index (κ1) is 43.5. The summed E-state index contributed by atoms with van der Waals surface area (Å²) in [6, 6.07) is 4.95. The Labute approximate surface area is 325 Å². The molecule has 6 N–H and O–H groups in total. The van der Waals surface area contributed by atoms with Gasteiger partial charge in [0.25, 0.3) is 0 Å². The van der Waals surface area contributed by atoms with Crippen molar-refractivity contribution in [2.24, 2.45) is 0 Å². The van der Waals surface area contributed by atoms with E-state index in [1.807, 2.05) is 11.8 Å². The van der Waals surface area contributed by atoms with Gasteiger partial charge in [-0.1, -0.05) is 28.0 Å². The normalized spacial score (nSPS) is 17.6. The van der Waals surface area contributed by atoms with Crippen molar-refractivity contribution in [3.8, 4) is 0 Å². The largest absolute Gasteiger partial charge is 0.419 e. The number of amides is 5. The van der Waals surface area contributed by atoms with Crippen LogP contribution in [0.25, 0.3) is 10.9 Å². The summed E-state index contributed by atoms with van der Waals surface area (Å²) in [5.74, 6) is 1.07. The molecule has 2 fully saturated rings. The van der Waals surface area contributed by atoms with E-state index < -0.39 is 11.4 Å². The van der Waals surface area contributed by atoms with Crippen LogP contribution < -0.4 is 38.0 Å². The van der Waals surface area contributed by atoms with E-state index in [0.29, 0.717) is 100 Å². The Morgan fingerprint density at radius 2 is 1.46 bits per heavy atom. The molecule has 0 aliphatic carbocycles. The number of hydrogen-bond acceptors (Lipinski definition) is 14. The molecule has 0 radical (unpaired) electrons. The third-order valence-electron chi connectivity index (χ3n) is 8.19. The summed E-state index contributed by atoms with van der Waals surface area (Å²) in [6.45, 7) is 4.13. The molecule has 3 heterocycles. The van der Waals surface area contributed by atoms with Crippen molar-refractivity contribution in [1.82, 2.24) is 26.3 Å². The zero-order valence-electron chi connectivity index (χ0n) is 30.1. The van der Waals surface area contributed by atoms with Gasteiger partial charge < -0.3 is 49.9 Å². The zero-order valence-corrected chi connectivity index (χ0v) is 32.6. The van der Waals surface area contributed by atoms with Crippen LogP contribution >= 0.6 is 33.3 Å². The lowest BCUT2D eigenvalue weighted by Crippen LogP contribution is -2.36. The molecule has 2 aliphatic rings. The number of nitrogens with one attached hydrogen (secondary N) is 6. The number of benzene rings is 1. The second kappa shape index (κ2) is 25.0. The summed E-state index contributed by atoms with van der Waals surface area (Å²) in [6.07, 6.45) is 3.78. The van der Waals surface area contributed by atoms with E-state index in [9.17, 15) is 28.8 Å². The smallest absolute Gasteiger partial charge is 0.379 e. The first-order valence-electron chi connectivity index (χ1n) is 18.0. The predicted octanol–water partition coefficient (Wildman–Crippen LogP) is 1.61. The van der Waals surface area contributed by atoms with E-state index in [-0.39, 0.29) is 54.1 Å². The van der Waals surface area contributed by atoms with Gasteiger partial charge in [-0.3, -0.25) is 19.4 Å². The maximum atomic E-state index is 12.2. The molecule has 300 valence electrons. The summed E-state index contributed by atoms with van der Waals surface area (Å²) in [4.78, 5) is 73.2. The van der Waals surface area contributed by atoms with Crippen LogP contribution in [0.5, 0.6) is 0 Å². The standard InChI is InChI=1S/C34H50N6O11S3/c41-28(4-2-1-3-27-31-26(22-52-27)38-33(45)40-31)35-9-12-48-14-16-50-18-17-49-15-13-47-11-7-29(42)36-10-20-54-53-19-8-30(43)37-23-5-6-25-24(21-23)32(44)51-34(46)39-25/h5-6,21,26-27,31H,1-4,7-20,22H2,(H,35,41)(H,36,42)(H,37,43)(H,39,46)(H2,38,40,45). The highest BCUT2D eigenvalue weighted by atomic mass is 33.1. The first-order chi connectivity index (χ1) is 26.3. The van der Waals surface area contributed by atoms with E-state index in [2.05, 4.69) is 36.0 Å². The number of carbonyl (C=O) groups excluding carboxylic acids is 4. The van der Waals surface area contributed by atoms with Gasteiger partial charge in [0.05, 0.1) is 75.8 Å². The number of hydrogen-bond donors (Lipinski definition) is 6. The van der Waals surface area contributed by atoms with E-state index in [4.69, 9.17) is 18.9 Å². The second-order valence-electron chi connectivity index (χ2n) is 12.3. The molecule has 54 heavy (non-hydrogen) atoms. The SMILES string of the molecule is O=C(CCCCC1SCC2NC(=O)NC21)NCCOCCOCCOCCOCCC(=O)NCCSSCCC(=O)Nc1ccc2[nH]c(=O)oc(=O)c2c1. The molecule has 1 aromatic heterocycles. The lowest BCUT2D eigenvalue weighted by molar-refractivity contribution is -0.122. The van der Waals surface area contributed by atoms with E-state index >= 15 is 0 Å². The number of urea groups is 1. The fraction of sp³-hybridized carbons (Fsp3) is 0.647. The van der Waals surface area contributed by atoms with Gasteiger partial charge >= 0.3 is 17.4 Å². The maximum Gasteiger partial charge on any atom is 0.419 e. The molecule has 2 aromatic rings. The number of carbonyl (C=O) groups is 4. The van der Waals surface area contributed by atoms with Crippen LogP contribution in [0.1, 0.15) is 38.5 Å². The number of unbranched alkanes of at least 4 members (excludes halogenated alkanes) is 1. The molecule has 0 saturated carbocycles. The van der Waals surface area contributed by atoms with Gasteiger partial charge in [0, 0.05) is 60.5 Å². The Kier molecular flexibility index (Phi) is 20.1. The highest BCUT2D eigenvalue weighted by Crippen LogP contribution is 2.33. The van der Waals surface area contributed by atoms with Crippen molar-refractivity contribution in [2.45, 2.75) is 55.9 Å². The monoisotopic (exact) mass is 814 g/mol. The molecule has 20 heteroatoms. The molecule has 5 amide bonds. The molecule has 2 aliphatic heterocycles. The van der Waals surface area contributed by atoms with Gasteiger partial charge in [0.2, 0.25) is 17.7 Å². The minimum atomic E-state index is -0.836. The van der Waals surface area contributed by atoms with Gasteiger partial charge in [0.1, 0.15) is 0 Å². The van der Waals surface area contributed by atoms with Crippen LogP contribution in [0.3, 0.4) is 0 Å². The molecule has 1 aromatic carbocycles. The number of aromatic amines is 1. The van der Waals surface area contributed by atoms with Crippen LogP contribution in [0.15, 0.2) is 32.2 Å². The fourth-order valence-electron chi connectivity index (χ4n) is 5.52. The highest BCUT2D eigenvalue weighted by molar-refractivity contribution is 8.76. The van der Waals surface area contributed by atoms with Gasteiger partial charge in [-0.15, -0.1) is 0 Å². The molecular weight excluding hydrogens is 765 g/mol. The number of H-pyrrole nitrogens is 1. The van der Waals surface area contributed by atoms with E-state index in [1.165, 1.54) is 22.9 Å². The van der Waals surface area contributed by atoms with Crippen molar-refractivity contribution >= 4 is 73.7 Å². The van der Waals surface area contributed by atoms with Crippen molar-refractivity contribution < 1.29 is 42.5 Å². The van der Waals surface area contributed by atoms with Crippen molar-refractivity contribution in [1.29, 1.82) is 0 Å². The van der Waals surface area contributed by atoms with Crippen molar-refractivity contribution in [3.05, 3.63) is 39.2 Å². The van der Waals surface area contributed by atoms with Crippen LogP contribution in [-0.4, -0.2) is 129 Å². The number of aromatic nitrogens is 1. The average molecular weight is 815 g/mol. The third-order valence-corrected chi connectivity index (χ3v) is 12.1. The summed E-state index contributed by atoms with van der Waals surface area (Å²) in [5, 5.41) is 15.0. The van der Waals surface area contributed by atoms with E-state index in [0.717, 1.165) is 25.0 Å². The number of anilines is 1.